The molecule has 2 aromatic rings. The number of fused-ring (bicyclic) bond motifs is 3. The monoisotopic (exact) mass is 450 g/mol. The molecular formula is C24H26N4O3S. The Labute approximate surface area is 192 Å². The predicted octanol–water partition coefficient (Wildman–Crippen LogP) is 4.46. The fourth-order valence-electron chi connectivity index (χ4n) is 3.63. The largest absolute Gasteiger partial charge is 0.497 e. The SMILES string of the molecule is CC[C@H](SC1=Nc2ccccc2C2=N[C@@H](C(C)C)C(=O)N12)C(=O)Nc1ccc(OC)cc1. The van der Waals surface area contributed by atoms with Crippen LogP contribution in [0.5, 0.6) is 5.75 Å². The summed E-state index contributed by atoms with van der Waals surface area (Å²) >= 11 is 1.30. The third-order valence-corrected chi connectivity index (χ3v) is 6.72. The predicted molar refractivity (Wildman–Crippen MR) is 129 cm³/mol. The first-order chi connectivity index (χ1) is 15.4. The summed E-state index contributed by atoms with van der Waals surface area (Å²) in [7, 11) is 1.60. The van der Waals surface area contributed by atoms with Gasteiger partial charge in [0.15, 0.2) is 5.17 Å². The van der Waals surface area contributed by atoms with Crippen molar-refractivity contribution in [3.05, 3.63) is 54.1 Å². The van der Waals surface area contributed by atoms with E-state index in [1.54, 1.807) is 36.3 Å². The van der Waals surface area contributed by atoms with Gasteiger partial charge in [0.1, 0.15) is 17.6 Å². The minimum Gasteiger partial charge on any atom is -0.497 e. The van der Waals surface area contributed by atoms with E-state index in [4.69, 9.17) is 14.7 Å². The number of thioether (sulfide) groups is 1. The van der Waals surface area contributed by atoms with Gasteiger partial charge in [-0.15, -0.1) is 0 Å². The lowest BCUT2D eigenvalue weighted by atomic mass is 10.1. The molecule has 2 atom stereocenters. The van der Waals surface area contributed by atoms with Crippen molar-refractivity contribution in [3.63, 3.8) is 0 Å². The average Bonchev–Trinajstić information content (AvgIpc) is 3.16. The summed E-state index contributed by atoms with van der Waals surface area (Å²) in [6.07, 6.45) is 0.579. The molecule has 0 aromatic heterocycles. The van der Waals surface area contributed by atoms with Crippen LogP contribution in [0.1, 0.15) is 32.8 Å². The van der Waals surface area contributed by atoms with Crippen LogP contribution < -0.4 is 10.1 Å². The van der Waals surface area contributed by atoms with Crippen molar-refractivity contribution in [2.24, 2.45) is 15.9 Å². The van der Waals surface area contributed by atoms with Crippen molar-refractivity contribution in [2.75, 3.05) is 12.4 Å². The second-order valence-electron chi connectivity index (χ2n) is 7.96. The third-order valence-electron chi connectivity index (χ3n) is 5.40. The standard InChI is InChI=1S/C24H26N4O3S/c1-5-19(22(29)25-15-10-12-16(31-4)13-11-15)32-24-26-18-9-7-6-8-17(18)21-27-20(14(2)3)23(30)28(21)24/h6-14,19-20H,5H2,1-4H3,(H,25,29)/t19-,20-/m0/s1. The number of amides is 2. The third kappa shape index (κ3) is 4.14. The van der Waals surface area contributed by atoms with Crippen molar-refractivity contribution in [1.29, 1.82) is 0 Å². The normalized spacial score (nSPS) is 18.0. The molecule has 0 spiro atoms. The fourth-order valence-corrected chi connectivity index (χ4v) is 4.65. The maximum atomic E-state index is 13.2. The minimum atomic E-state index is -0.449. The smallest absolute Gasteiger partial charge is 0.259 e. The van der Waals surface area contributed by atoms with Gasteiger partial charge < -0.3 is 10.1 Å². The van der Waals surface area contributed by atoms with Gasteiger partial charge in [0.25, 0.3) is 5.91 Å². The summed E-state index contributed by atoms with van der Waals surface area (Å²) in [4.78, 5) is 37.3. The molecule has 0 saturated heterocycles. The van der Waals surface area contributed by atoms with Crippen LogP contribution in [0.3, 0.4) is 0 Å². The van der Waals surface area contributed by atoms with Crippen LogP contribution in [-0.4, -0.2) is 46.1 Å². The molecule has 2 amide bonds. The molecule has 2 aliphatic heterocycles. The molecule has 4 rings (SSSR count). The minimum absolute atomic E-state index is 0.0688. The van der Waals surface area contributed by atoms with E-state index in [-0.39, 0.29) is 17.7 Å². The first-order valence-electron chi connectivity index (χ1n) is 10.6. The molecule has 166 valence electrons. The Hall–Kier alpha value is -3.13. The number of benzene rings is 2. The van der Waals surface area contributed by atoms with Gasteiger partial charge in [0.05, 0.1) is 18.0 Å². The Morgan fingerprint density at radius 2 is 1.91 bits per heavy atom. The number of rotatable bonds is 6. The van der Waals surface area contributed by atoms with Gasteiger partial charge in [0.2, 0.25) is 5.91 Å². The number of nitrogens with one attached hydrogen (secondary N) is 1. The van der Waals surface area contributed by atoms with Gasteiger partial charge in [-0.1, -0.05) is 44.7 Å². The lowest BCUT2D eigenvalue weighted by molar-refractivity contribution is -0.125. The van der Waals surface area contributed by atoms with E-state index in [1.807, 2.05) is 45.0 Å². The Bertz CT molecular complexity index is 1090. The van der Waals surface area contributed by atoms with Gasteiger partial charge in [-0.2, -0.15) is 0 Å². The molecule has 0 fully saturated rings. The zero-order valence-electron chi connectivity index (χ0n) is 18.5. The maximum absolute atomic E-state index is 13.2. The maximum Gasteiger partial charge on any atom is 0.259 e. The van der Waals surface area contributed by atoms with Crippen LogP contribution in [0.15, 0.2) is 58.5 Å². The number of hydrogen-bond acceptors (Lipinski definition) is 6. The number of aliphatic imine (C=N–C) groups is 2. The number of carbonyl (C=O) groups is 2. The highest BCUT2D eigenvalue weighted by atomic mass is 32.2. The quantitative estimate of drug-likeness (QED) is 0.704. The highest BCUT2D eigenvalue weighted by Crippen LogP contribution is 2.36. The van der Waals surface area contributed by atoms with Crippen LogP contribution in [0.4, 0.5) is 11.4 Å². The second-order valence-corrected chi connectivity index (χ2v) is 9.13. The van der Waals surface area contributed by atoms with Crippen molar-refractivity contribution in [3.8, 4) is 5.75 Å². The second kappa shape index (κ2) is 9.16. The van der Waals surface area contributed by atoms with Gasteiger partial charge in [0, 0.05) is 11.3 Å². The fraction of sp³-hybridized carbons (Fsp3) is 0.333. The van der Waals surface area contributed by atoms with Gasteiger partial charge in [-0.05, 0) is 48.7 Å². The van der Waals surface area contributed by atoms with Crippen LogP contribution in [0.25, 0.3) is 0 Å². The van der Waals surface area contributed by atoms with Gasteiger partial charge in [-0.25, -0.2) is 9.89 Å². The van der Waals surface area contributed by atoms with E-state index in [2.05, 4.69) is 5.32 Å². The molecule has 1 N–H and O–H groups in total. The number of anilines is 1. The number of hydrogen-bond donors (Lipinski definition) is 1. The number of ether oxygens (including phenoxy) is 1. The number of methoxy groups -OCH3 is 1. The van der Waals surface area contributed by atoms with Crippen molar-refractivity contribution < 1.29 is 14.3 Å². The van der Waals surface area contributed by atoms with Gasteiger partial charge >= 0.3 is 0 Å². The van der Waals surface area contributed by atoms with E-state index in [0.717, 1.165) is 17.0 Å². The van der Waals surface area contributed by atoms with Crippen LogP contribution >= 0.6 is 11.8 Å². The van der Waals surface area contributed by atoms with E-state index in [9.17, 15) is 9.59 Å². The van der Waals surface area contributed by atoms with Gasteiger partial charge in [-0.3, -0.25) is 14.6 Å². The zero-order valence-corrected chi connectivity index (χ0v) is 19.3. The molecule has 0 saturated carbocycles. The Kier molecular flexibility index (Phi) is 6.32. The summed E-state index contributed by atoms with van der Waals surface area (Å²) in [5.74, 6) is 1.17. The molecule has 2 heterocycles. The Morgan fingerprint density at radius 3 is 2.56 bits per heavy atom. The summed E-state index contributed by atoms with van der Waals surface area (Å²) in [5, 5.41) is 3.02. The lowest BCUT2D eigenvalue weighted by Gasteiger charge is -2.27. The first-order valence-corrected chi connectivity index (χ1v) is 11.5. The molecule has 0 radical (unpaired) electrons. The van der Waals surface area contributed by atoms with Crippen LogP contribution in [0.2, 0.25) is 0 Å². The van der Waals surface area contributed by atoms with Crippen molar-refractivity contribution >= 4 is 46.0 Å². The summed E-state index contributed by atoms with van der Waals surface area (Å²) in [6.45, 7) is 5.91. The molecule has 7 nitrogen and oxygen atoms in total. The summed E-state index contributed by atoms with van der Waals surface area (Å²) < 4.78 is 5.17. The Morgan fingerprint density at radius 1 is 1.19 bits per heavy atom. The molecule has 2 aromatic carbocycles. The molecule has 8 heteroatoms. The highest BCUT2D eigenvalue weighted by molar-refractivity contribution is 8.15. The molecular weight excluding hydrogens is 424 g/mol. The molecule has 2 aliphatic rings. The topological polar surface area (TPSA) is 83.4 Å². The van der Waals surface area contributed by atoms with E-state index in [1.165, 1.54) is 11.8 Å². The molecule has 0 aliphatic carbocycles. The first kappa shape index (κ1) is 22.1. The molecule has 32 heavy (non-hydrogen) atoms. The molecule has 0 bridgehead atoms. The number of nitrogens with zero attached hydrogens (tertiary/aromatic N) is 3. The Balaban J connectivity index is 1.60. The van der Waals surface area contributed by atoms with Crippen molar-refractivity contribution in [2.45, 2.75) is 38.5 Å². The van der Waals surface area contributed by atoms with Crippen LogP contribution in [0, 0.1) is 5.92 Å². The zero-order chi connectivity index (χ0) is 22.8. The number of carbonyl (C=O) groups excluding carboxylic acids is 2. The average molecular weight is 451 g/mol. The number of amidine groups is 2. The van der Waals surface area contributed by atoms with E-state index < -0.39 is 11.3 Å². The molecule has 0 unspecified atom stereocenters. The highest BCUT2D eigenvalue weighted by Gasteiger charge is 2.43. The number of para-hydroxylation sites is 1. The van der Waals surface area contributed by atoms with Crippen LogP contribution in [-0.2, 0) is 9.59 Å². The lowest BCUT2D eigenvalue weighted by Crippen LogP contribution is -2.43. The van der Waals surface area contributed by atoms with E-state index in [0.29, 0.717) is 23.1 Å². The summed E-state index contributed by atoms with van der Waals surface area (Å²) in [6, 6.07) is 14.4. The van der Waals surface area contributed by atoms with E-state index >= 15 is 0 Å². The summed E-state index contributed by atoms with van der Waals surface area (Å²) in [5.41, 5.74) is 2.28. The van der Waals surface area contributed by atoms with Crippen molar-refractivity contribution in [1.82, 2.24) is 4.90 Å².